The first-order chi connectivity index (χ1) is 9.19. The summed E-state index contributed by atoms with van der Waals surface area (Å²) in [5, 5.41) is 2.95. The largest absolute Gasteiger partial charge is 0.497 e. The smallest absolute Gasteiger partial charge is 0.251 e. The van der Waals surface area contributed by atoms with Crippen molar-refractivity contribution in [2.24, 2.45) is 0 Å². The summed E-state index contributed by atoms with van der Waals surface area (Å²) >= 11 is 0. The number of benzene rings is 1. The van der Waals surface area contributed by atoms with Gasteiger partial charge in [-0.1, -0.05) is 6.07 Å². The molecule has 1 aromatic heterocycles. The van der Waals surface area contributed by atoms with E-state index >= 15 is 0 Å². The van der Waals surface area contributed by atoms with Crippen LogP contribution in [0, 0.1) is 0 Å². The molecule has 4 nitrogen and oxygen atoms in total. The minimum atomic E-state index is -0.102. The highest BCUT2D eigenvalue weighted by atomic mass is 16.5. The quantitative estimate of drug-likeness (QED) is 0.898. The Morgan fingerprint density at radius 3 is 2.95 bits per heavy atom. The molecule has 0 radical (unpaired) electrons. The first-order valence-corrected chi connectivity index (χ1v) is 6.15. The van der Waals surface area contributed by atoms with Crippen LogP contribution in [0.4, 0.5) is 0 Å². The van der Waals surface area contributed by atoms with Gasteiger partial charge in [0, 0.05) is 11.6 Å². The SMILES string of the molecule is COc1cccc(C(=O)NC(C)Cc2ccoc2)c1. The summed E-state index contributed by atoms with van der Waals surface area (Å²) in [6.45, 7) is 1.96. The molecule has 4 heteroatoms. The molecule has 0 aliphatic heterocycles. The Morgan fingerprint density at radius 2 is 2.26 bits per heavy atom. The highest BCUT2D eigenvalue weighted by Gasteiger charge is 2.11. The number of ether oxygens (including phenoxy) is 1. The van der Waals surface area contributed by atoms with Gasteiger partial charge in [0.15, 0.2) is 0 Å². The van der Waals surface area contributed by atoms with Gasteiger partial charge in [-0.25, -0.2) is 0 Å². The predicted octanol–water partition coefficient (Wildman–Crippen LogP) is 2.65. The maximum Gasteiger partial charge on any atom is 0.251 e. The van der Waals surface area contributed by atoms with Crippen LogP contribution in [0.3, 0.4) is 0 Å². The van der Waals surface area contributed by atoms with Gasteiger partial charge < -0.3 is 14.5 Å². The van der Waals surface area contributed by atoms with Gasteiger partial charge in [0.25, 0.3) is 5.91 Å². The van der Waals surface area contributed by atoms with Crippen molar-refractivity contribution >= 4 is 5.91 Å². The monoisotopic (exact) mass is 259 g/mol. The zero-order chi connectivity index (χ0) is 13.7. The fraction of sp³-hybridized carbons (Fsp3) is 0.267. The fourth-order valence-corrected chi connectivity index (χ4v) is 1.88. The van der Waals surface area contributed by atoms with E-state index in [2.05, 4.69) is 5.32 Å². The van der Waals surface area contributed by atoms with Gasteiger partial charge in [0.05, 0.1) is 19.6 Å². The molecule has 1 heterocycles. The van der Waals surface area contributed by atoms with Gasteiger partial charge in [0.2, 0.25) is 0 Å². The standard InChI is InChI=1S/C15H17NO3/c1-11(8-12-6-7-19-10-12)16-15(17)13-4-3-5-14(9-13)18-2/h3-7,9-11H,8H2,1-2H3,(H,16,17). The third-order valence-corrected chi connectivity index (χ3v) is 2.83. The van der Waals surface area contributed by atoms with Gasteiger partial charge in [-0.05, 0) is 43.2 Å². The Balaban J connectivity index is 1.96. The fourth-order valence-electron chi connectivity index (χ4n) is 1.88. The van der Waals surface area contributed by atoms with Gasteiger partial charge >= 0.3 is 0 Å². The molecule has 0 bridgehead atoms. The van der Waals surface area contributed by atoms with Crippen LogP contribution in [0.15, 0.2) is 47.3 Å². The van der Waals surface area contributed by atoms with Crippen LogP contribution in [0.5, 0.6) is 5.75 Å². The molecular formula is C15H17NO3. The number of methoxy groups -OCH3 is 1. The molecule has 1 amide bonds. The highest BCUT2D eigenvalue weighted by Crippen LogP contribution is 2.13. The molecule has 0 aliphatic rings. The number of carbonyl (C=O) groups is 1. The molecule has 0 fully saturated rings. The summed E-state index contributed by atoms with van der Waals surface area (Å²) in [6, 6.07) is 9.03. The number of carbonyl (C=O) groups excluding carboxylic acids is 1. The molecule has 1 aromatic carbocycles. The molecule has 0 spiro atoms. The Morgan fingerprint density at radius 1 is 1.42 bits per heavy atom. The van der Waals surface area contributed by atoms with Crippen LogP contribution in [0.25, 0.3) is 0 Å². The number of hydrogen-bond donors (Lipinski definition) is 1. The number of rotatable bonds is 5. The molecule has 0 saturated carbocycles. The second-order valence-electron chi connectivity index (χ2n) is 4.44. The summed E-state index contributed by atoms with van der Waals surface area (Å²) in [7, 11) is 1.58. The van der Waals surface area contributed by atoms with Crippen molar-refractivity contribution < 1.29 is 13.9 Å². The Labute approximate surface area is 112 Å². The van der Waals surface area contributed by atoms with Gasteiger partial charge in [-0.2, -0.15) is 0 Å². The van der Waals surface area contributed by atoms with E-state index in [-0.39, 0.29) is 11.9 Å². The van der Waals surface area contributed by atoms with Crippen LogP contribution in [-0.2, 0) is 6.42 Å². The lowest BCUT2D eigenvalue weighted by atomic mass is 10.1. The van der Waals surface area contributed by atoms with E-state index in [4.69, 9.17) is 9.15 Å². The third-order valence-electron chi connectivity index (χ3n) is 2.83. The van der Waals surface area contributed by atoms with Crippen LogP contribution in [0.1, 0.15) is 22.8 Å². The summed E-state index contributed by atoms with van der Waals surface area (Å²) in [4.78, 5) is 12.1. The van der Waals surface area contributed by atoms with Crippen molar-refractivity contribution in [3.8, 4) is 5.75 Å². The van der Waals surface area contributed by atoms with Crippen molar-refractivity contribution in [1.29, 1.82) is 0 Å². The van der Waals surface area contributed by atoms with Crippen LogP contribution in [-0.4, -0.2) is 19.1 Å². The molecule has 2 rings (SSSR count). The van der Waals surface area contributed by atoms with Crippen molar-refractivity contribution in [2.45, 2.75) is 19.4 Å². The summed E-state index contributed by atoms with van der Waals surface area (Å²) in [5.74, 6) is 0.574. The molecule has 19 heavy (non-hydrogen) atoms. The molecule has 0 saturated heterocycles. The predicted molar refractivity (Wildman–Crippen MR) is 72.3 cm³/mol. The first-order valence-electron chi connectivity index (χ1n) is 6.15. The van der Waals surface area contributed by atoms with Crippen LogP contribution < -0.4 is 10.1 Å². The van der Waals surface area contributed by atoms with Gasteiger partial charge in [-0.15, -0.1) is 0 Å². The first kappa shape index (κ1) is 13.2. The van der Waals surface area contributed by atoms with Crippen molar-refractivity contribution in [3.05, 3.63) is 54.0 Å². The van der Waals surface area contributed by atoms with E-state index < -0.39 is 0 Å². The topological polar surface area (TPSA) is 51.5 Å². The van der Waals surface area contributed by atoms with E-state index in [1.54, 1.807) is 37.8 Å². The number of hydrogen-bond acceptors (Lipinski definition) is 3. The molecule has 2 aromatic rings. The zero-order valence-corrected chi connectivity index (χ0v) is 11.1. The van der Waals surface area contributed by atoms with Gasteiger partial charge in [0.1, 0.15) is 5.75 Å². The lowest BCUT2D eigenvalue weighted by molar-refractivity contribution is 0.0939. The van der Waals surface area contributed by atoms with Crippen LogP contribution >= 0.6 is 0 Å². The maximum absolute atomic E-state index is 12.1. The van der Waals surface area contributed by atoms with Crippen LogP contribution in [0.2, 0.25) is 0 Å². The second-order valence-corrected chi connectivity index (χ2v) is 4.44. The molecule has 1 unspecified atom stereocenters. The normalized spacial score (nSPS) is 11.9. The molecule has 100 valence electrons. The number of amides is 1. The molecule has 1 atom stereocenters. The van der Waals surface area contributed by atoms with Crippen molar-refractivity contribution in [1.82, 2.24) is 5.32 Å². The molecular weight excluding hydrogens is 242 g/mol. The summed E-state index contributed by atoms with van der Waals surface area (Å²) in [5.41, 5.74) is 1.66. The third kappa shape index (κ3) is 3.61. The summed E-state index contributed by atoms with van der Waals surface area (Å²) < 4.78 is 10.1. The van der Waals surface area contributed by atoms with E-state index in [0.29, 0.717) is 11.3 Å². The van der Waals surface area contributed by atoms with E-state index in [9.17, 15) is 4.79 Å². The highest BCUT2D eigenvalue weighted by molar-refractivity contribution is 5.94. The molecule has 0 aliphatic carbocycles. The van der Waals surface area contributed by atoms with Gasteiger partial charge in [-0.3, -0.25) is 4.79 Å². The minimum Gasteiger partial charge on any atom is -0.497 e. The summed E-state index contributed by atoms with van der Waals surface area (Å²) in [6.07, 6.45) is 4.06. The maximum atomic E-state index is 12.1. The lowest BCUT2D eigenvalue weighted by Gasteiger charge is -2.13. The van der Waals surface area contributed by atoms with E-state index in [1.807, 2.05) is 19.1 Å². The minimum absolute atomic E-state index is 0.0382. The Kier molecular flexibility index (Phi) is 4.23. The number of furan rings is 1. The van der Waals surface area contributed by atoms with E-state index in [1.165, 1.54) is 0 Å². The number of nitrogens with one attached hydrogen (secondary N) is 1. The van der Waals surface area contributed by atoms with Crippen molar-refractivity contribution in [3.63, 3.8) is 0 Å². The zero-order valence-electron chi connectivity index (χ0n) is 11.1. The second kappa shape index (κ2) is 6.09. The molecule has 1 N–H and O–H groups in total. The Bertz CT molecular complexity index is 534. The average Bonchev–Trinajstić information content (AvgIpc) is 2.91. The lowest BCUT2D eigenvalue weighted by Crippen LogP contribution is -2.33. The van der Waals surface area contributed by atoms with E-state index in [0.717, 1.165) is 12.0 Å². The average molecular weight is 259 g/mol. The Hall–Kier alpha value is -2.23. The van der Waals surface area contributed by atoms with Crippen molar-refractivity contribution in [2.75, 3.05) is 7.11 Å².